The Morgan fingerprint density at radius 2 is 1.04 bits per heavy atom. The molecular formula is C52H77N5O21. The molecular weight excluding hydrogens is 1030 g/mol. The monoisotopic (exact) mass is 1110 g/mol. The summed E-state index contributed by atoms with van der Waals surface area (Å²) in [6.07, 6.45) is 0.558. The molecule has 0 fully saturated rings. The first-order valence-electron chi connectivity index (χ1n) is 25.9. The molecule has 78 heavy (non-hydrogen) atoms. The second kappa shape index (κ2) is 41.1. The fraction of sp³-hybridized carbons (Fsp3) is 0.635. The Morgan fingerprint density at radius 1 is 0.474 bits per heavy atom. The quantitative estimate of drug-likeness (QED) is 0.0327. The third-order valence-corrected chi connectivity index (χ3v) is 11.8. The standard InChI is InChI=1S/C52H77N5O21/c1-34-12-14-35(15-13-34)48(66)55-22-6-5-10-41(47(53)65)56-46(64)33-78-29-26-75-24-7-9-38(58)18-19-42(51(71)72)57-45(63)21-17-37(50(69)70)31-40(60)32-77-28-27-76-25-23-54-44(62)20-16-36(49(67)68)30-39(59)8-3-2-4-11-43(61)52(73)74/h12-15,36-37,41-42H,2-11,16-33H2,1H3,(H2,53,65)(H,54,62)(H,55,66)(H,56,64)(H,57,63)(H,67,68)(H,69,70)(H,71,72)(H,73,74). The topological polar surface area (TPSA) is 414 Å². The summed E-state index contributed by atoms with van der Waals surface area (Å²) in [4.78, 5) is 155. The Morgan fingerprint density at radius 3 is 1.65 bits per heavy atom. The lowest BCUT2D eigenvalue weighted by molar-refractivity contribution is -0.149. The number of primary amides is 1. The average molecular weight is 1110 g/mol. The van der Waals surface area contributed by atoms with Crippen molar-refractivity contribution >= 4 is 76.5 Å². The van der Waals surface area contributed by atoms with Crippen LogP contribution in [0.5, 0.6) is 0 Å². The van der Waals surface area contributed by atoms with E-state index in [9.17, 15) is 77.6 Å². The highest BCUT2D eigenvalue weighted by molar-refractivity contribution is 6.32. The second-order valence-electron chi connectivity index (χ2n) is 18.4. The van der Waals surface area contributed by atoms with E-state index < -0.39 is 102 Å². The van der Waals surface area contributed by atoms with Gasteiger partial charge in [0.25, 0.3) is 5.91 Å². The van der Waals surface area contributed by atoms with E-state index in [1.54, 1.807) is 12.1 Å². The molecule has 26 heteroatoms. The number of Topliss-reactive ketones (excluding diaryl/α,β-unsaturated/α-hetero) is 4. The summed E-state index contributed by atoms with van der Waals surface area (Å²) in [5.41, 5.74) is 7.01. The molecule has 0 saturated heterocycles. The molecule has 436 valence electrons. The fourth-order valence-corrected chi connectivity index (χ4v) is 7.31. The summed E-state index contributed by atoms with van der Waals surface area (Å²) in [5, 5.41) is 47.5. The van der Waals surface area contributed by atoms with Gasteiger partial charge in [0, 0.05) is 76.6 Å². The van der Waals surface area contributed by atoms with Crippen molar-refractivity contribution in [2.45, 2.75) is 135 Å². The number of hydrogen-bond donors (Lipinski definition) is 9. The molecule has 0 spiro atoms. The number of carboxylic acids is 4. The van der Waals surface area contributed by atoms with Gasteiger partial charge >= 0.3 is 23.9 Å². The van der Waals surface area contributed by atoms with Crippen LogP contribution < -0.4 is 27.0 Å². The van der Waals surface area contributed by atoms with Crippen LogP contribution in [0.3, 0.4) is 0 Å². The second-order valence-corrected chi connectivity index (χ2v) is 18.4. The number of carboxylic acid groups (broad SMARTS) is 4. The van der Waals surface area contributed by atoms with E-state index >= 15 is 0 Å². The number of nitrogens with two attached hydrogens (primary N) is 1. The van der Waals surface area contributed by atoms with Gasteiger partial charge in [-0.3, -0.25) is 52.7 Å². The molecule has 0 radical (unpaired) electrons. The third-order valence-electron chi connectivity index (χ3n) is 11.8. The van der Waals surface area contributed by atoms with Crippen LogP contribution in [0.4, 0.5) is 0 Å². The van der Waals surface area contributed by atoms with Crippen molar-refractivity contribution in [3.63, 3.8) is 0 Å². The Hall–Kier alpha value is -7.03. The number of aryl methyl sites for hydroxylation is 1. The SMILES string of the molecule is Cc1ccc(C(=O)NCCCCC(NC(=O)COCCOCCCC(=O)CCC(NC(=O)CCC(CC(=O)COCCOCCNC(=O)CCC(CC(=O)CCCCCC(=O)C(=O)O)C(=O)O)C(=O)O)C(=O)O)C(N)=O)cc1. The van der Waals surface area contributed by atoms with Gasteiger partial charge in [-0.15, -0.1) is 0 Å². The summed E-state index contributed by atoms with van der Waals surface area (Å²) >= 11 is 0. The fourth-order valence-electron chi connectivity index (χ4n) is 7.31. The predicted molar refractivity (Wildman–Crippen MR) is 274 cm³/mol. The molecule has 4 unspecified atom stereocenters. The number of aliphatic carboxylic acids is 4. The highest BCUT2D eigenvalue weighted by Gasteiger charge is 2.26. The predicted octanol–water partition coefficient (Wildman–Crippen LogP) is 1.23. The van der Waals surface area contributed by atoms with E-state index in [0.717, 1.165) is 5.56 Å². The third kappa shape index (κ3) is 34.6. The lowest BCUT2D eigenvalue weighted by atomic mass is 9.94. The van der Waals surface area contributed by atoms with Crippen molar-refractivity contribution in [2.24, 2.45) is 17.6 Å². The molecule has 5 amide bonds. The number of carbonyl (C=O) groups excluding carboxylic acids is 9. The molecule has 4 atom stereocenters. The van der Waals surface area contributed by atoms with Gasteiger partial charge < -0.3 is 66.4 Å². The largest absolute Gasteiger partial charge is 0.481 e. The number of benzene rings is 1. The molecule has 0 bridgehead atoms. The molecule has 1 aromatic rings. The Kier molecular flexibility index (Phi) is 36.4. The van der Waals surface area contributed by atoms with E-state index in [-0.39, 0.29) is 134 Å². The van der Waals surface area contributed by atoms with E-state index in [4.69, 9.17) is 29.8 Å². The number of nitrogens with one attached hydrogen (secondary N) is 4. The first-order valence-corrected chi connectivity index (χ1v) is 25.9. The smallest absolute Gasteiger partial charge is 0.372 e. The maximum atomic E-state index is 12.6. The summed E-state index contributed by atoms with van der Waals surface area (Å²) < 4.78 is 21.3. The van der Waals surface area contributed by atoms with Crippen molar-refractivity contribution < 1.29 is 102 Å². The van der Waals surface area contributed by atoms with Crippen LogP contribution in [0.1, 0.15) is 131 Å². The van der Waals surface area contributed by atoms with Crippen molar-refractivity contribution in [1.82, 2.24) is 21.3 Å². The molecule has 0 aliphatic rings. The van der Waals surface area contributed by atoms with E-state index in [2.05, 4.69) is 21.3 Å². The zero-order valence-electron chi connectivity index (χ0n) is 44.2. The average Bonchev–Trinajstić information content (AvgIpc) is 3.38. The van der Waals surface area contributed by atoms with Crippen LogP contribution in [0, 0.1) is 18.8 Å². The molecule has 10 N–H and O–H groups in total. The number of rotatable bonds is 49. The summed E-state index contributed by atoms with van der Waals surface area (Å²) in [6.45, 7) is 1.79. The normalized spacial score (nSPS) is 12.5. The van der Waals surface area contributed by atoms with Crippen LogP contribution in [-0.4, -0.2) is 175 Å². The maximum Gasteiger partial charge on any atom is 0.372 e. The lowest BCUT2D eigenvalue weighted by Gasteiger charge is -2.16. The van der Waals surface area contributed by atoms with Gasteiger partial charge in [-0.1, -0.05) is 24.1 Å². The van der Waals surface area contributed by atoms with Crippen molar-refractivity contribution in [2.75, 3.05) is 65.9 Å². The number of ether oxygens (including phenoxy) is 4. The number of unbranched alkanes of at least 4 members (excludes halogenated alkanes) is 3. The Labute approximate surface area is 451 Å². The van der Waals surface area contributed by atoms with Crippen LogP contribution >= 0.6 is 0 Å². The molecule has 26 nitrogen and oxygen atoms in total. The molecule has 0 aliphatic heterocycles. The van der Waals surface area contributed by atoms with Gasteiger partial charge in [0.2, 0.25) is 29.4 Å². The van der Waals surface area contributed by atoms with Crippen LogP contribution in [0.25, 0.3) is 0 Å². The van der Waals surface area contributed by atoms with Crippen LogP contribution in [0.15, 0.2) is 24.3 Å². The summed E-state index contributed by atoms with van der Waals surface area (Å²) in [5.74, 6) is -12.7. The highest BCUT2D eigenvalue weighted by atomic mass is 16.5. The minimum atomic E-state index is -1.52. The molecule has 0 aromatic heterocycles. The zero-order chi connectivity index (χ0) is 58.3. The van der Waals surface area contributed by atoms with E-state index in [1.807, 2.05) is 19.1 Å². The summed E-state index contributed by atoms with van der Waals surface area (Å²) in [7, 11) is 0. The van der Waals surface area contributed by atoms with E-state index in [1.165, 1.54) is 0 Å². The summed E-state index contributed by atoms with van der Waals surface area (Å²) in [6, 6.07) is 4.77. The van der Waals surface area contributed by atoms with Gasteiger partial charge in [-0.2, -0.15) is 0 Å². The Bertz CT molecular complexity index is 2130. The first kappa shape index (κ1) is 69.0. The molecule has 1 rings (SSSR count). The highest BCUT2D eigenvalue weighted by Crippen LogP contribution is 2.17. The first-order chi connectivity index (χ1) is 37.1. The van der Waals surface area contributed by atoms with Gasteiger partial charge in [0.1, 0.15) is 36.9 Å². The lowest BCUT2D eigenvalue weighted by Crippen LogP contribution is -2.45. The van der Waals surface area contributed by atoms with Crippen molar-refractivity contribution in [1.29, 1.82) is 0 Å². The zero-order valence-corrected chi connectivity index (χ0v) is 44.2. The van der Waals surface area contributed by atoms with Crippen LogP contribution in [-0.2, 0) is 76.5 Å². The minimum absolute atomic E-state index is 0.00362. The van der Waals surface area contributed by atoms with Gasteiger partial charge in [0.15, 0.2) is 5.78 Å². The van der Waals surface area contributed by atoms with Gasteiger partial charge in [-0.25, -0.2) is 9.59 Å². The number of hydrogen-bond acceptors (Lipinski definition) is 17. The molecule has 1 aromatic carbocycles. The van der Waals surface area contributed by atoms with Crippen LogP contribution in [0.2, 0.25) is 0 Å². The molecule has 0 heterocycles. The number of ketones is 4. The maximum absolute atomic E-state index is 12.6. The van der Waals surface area contributed by atoms with Gasteiger partial charge in [-0.05, 0) is 76.8 Å². The minimum Gasteiger partial charge on any atom is -0.481 e. The van der Waals surface area contributed by atoms with Crippen molar-refractivity contribution in [3.8, 4) is 0 Å². The Balaban J connectivity index is 2.20. The molecule has 0 aliphatic carbocycles. The van der Waals surface area contributed by atoms with Gasteiger partial charge in [0.05, 0.1) is 44.9 Å². The number of carbonyl (C=O) groups is 13. The molecule has 0 saturated carbocycles. The number of amides is 5. The van der Waals surface area contributed by atoms with E-state index in [0.29, 0.717) is 50.6 Å². The van der Waals surface area contributed by atoms with Crippen molar-refractivity contribution in [3.05, 3.63) is 35.4 Å².